The first-order chi connectivity index (χ1) is 9.79. The molecule has 1 aromatic rings. The largest absolute Gasteiger partial charge is 0.481 e. The van der Waals surface area contributed by atoms with Gasteiger partial charge in [-0.25, -0.2) is 4.79 Å². The predicted octanol–water partition coefficient (Wildman–Crippen LogP) is -0.119. The van der Waals surface area contributed by atoms with E-state index in [9.17, 15) is 19.7 Å². The van der Waals surface area contributed by atoms with Gasteiger partial charge in [-0.15, -0.1) is 0 Å². The lowest BCUT2D eigenvalue weighted by Crippen LogP contribution is -2.32. The van der Waals surface area contributed by atoms with Gasteiger partial charge in [0, 0.05) is 4.92 Å². The summed E-state index contributed by atoms with van der Waals surface area (Å²) in [5.74, 6) is -2.38. The normalized spacial score (nSPS) is 11.7. The second kappa shape index (κ2) is 7.20. The van der Waals surface area contributed by atoms with E-state index in [2.05, 4.69) is 0 Å². The number of carboxylic acids is 2. The molecule has 4 N–H and O–H groups in total. The van der Waals surface area contributed by atoms with Crippen molar-refractivity contribution in [2.45, 2.75) is 19.0 Å². The highest BCUT2D eigenvalue weighted by Crippen LogP contribution is 2.22. The summed E-state index contributed by atoms with van der Waals surface area (Å²) in [6.07, 6.45) is -0.00247. The van der Waals surface area contributed by atoms with Crippen molar-refractivity contribution >= 4 is 11.9 Å². The van der Waals surface area contributed by atoms with Gasteiger partial charge in [0.15, 0.2) is 6.61 Å². The number of hydrogen-bond donors (Lipinski definition) is 3. The van der Waals surface area contributed by atoms with E-state index < -0.39 is 36.1 Å². The van der Waals surface area contributed by atoms with Gasteiger partial charge in [0.05, 0.1) is 5.56 Å². The van der Waals surface area contributed by atoms with E-state index in [-0.39, 0.29) is 17.7 Å². The molecular formula is C12H14N2O7. The third-order valence-electron chi connectivity index (χ3n) is 2.55. The fourth-order valence-electron chi connectivity index (χ4n) is 1.61. The number of carbonyl (C=O) groups is 2. The van der Waals surface area contributed by atoms with E-state index in [1.54, 1.807) is 0 Å². The number of nitrogens with two attached hydrogens (primary N) is 1. The monoisotopic (exact) mass is 298 g/mol. The van der Waals surface area contributed by atoms with Crippen molar-refractivity contribution in [1.29, 1.82) is 0 Å². The third-order valence-corrected chi connectivity index (χ3v) is 2.55. The highest BCUT2D eigenvalue weighted by molar-refractivity contribution is 5.73. The van der Waals surface area contributed by atoms with Crippen molar-refractivity contribution in [1.82, 2.24) is 0 Å². The Morgan fingerprint density at radius 2 is 2.05 bits per heavy atom. The molecule has 0 amide bonds. The standard InChI is InChI=1S/C12H14N2O7/c13-9(12(17)18)3-7-1-2-8(5-14(19)20)10(4-7)21-6-11(15)16/h1-2,4,9H,3,5-6,13H2,(H,15,16)(H,17,18)/t9-/m0/s1. The number of benzene rings is 1. The molecule has 0 bridgehead atoms. The molecule has 0 aliphatic heterocycles. The maximum Gasteiger partial charge on any atom is 0.341 e. The van der Waals surface area contributed by atoms with Crippen LogP contribution in [-0.4, -0.2) is 39.7 Å². The smallest absolute Gasteiger partial charge is 0.341 e. The third kappa shape index (κ3) is 5.45. The molecule has 0 spiro atoms. The molecular weight excluding hydrogens is 284 g/mol. The van der Waals surface area contributed by atoms with Crippen LogP contribution in [-0.2, 0) is 22.6 Å². The summed E-state index contributed by atoms with van der Waals surface area (Å²) in [5.41, 5.74) is 6.08. The summed E-state index contributed by atoms with van der Waals surface area (Å²) >= 11 is 0. The predicted molar refractivity (Wildman–Crippen MR) is 69.6 cm³/mol. The van der Waals surface area contributed by atoms with E-state index in [0.29, 0.717) is 5.56 Å². The molecule has 1 rings (SSSR count). The molecule has 1 aromatic carbocycles. The summed E-state index contributed by atoms with van der Waals surface area (Å²) in [6.45, 7) is -1.18. The zero-order chi connectivity index (χ0) is 16.0. The van der Waals surface area contributed by atoms with Crippen LogP contribution in [0.15, 0.2) is 18.2 Å². The van der Waals surface area contributed by atoms with Crippen molar-refractivity contribution in [3.63, 3.8) is 0 Å². The number of aliphatic carboxylic acids is 2. The summed E-state index contributed by atoms with van der Waals surface area (Å²) in [7, 11) is 0. The molecule has 114 valence electrons. The number of nitro groups is 1. The van der Waals surface area contributed by atoms with E-state index in [0.717, 1.165) is 0 Å². The lowest BCUT2D eigenvalue weighted by molar-refractivity contribution is -0.496. The quantitative estimate of drug-likeness (QED) is 0.443. The van der Waals surface area contributed by atoms with Crippen LogP contribution < -0.4 is 10.5 Å². The van der Waals surface area contributed by atoms with Crippen LogP contribution in [0.2, 0.25) is 0 Å². The lowest BCUT2D eigenvalue weighted by Gasteiger charge is -2.11. The van der Waals surface area contributed by atoms with E-state index in [4.69, 9.17) is 20.7 Å². The van der Waals surface area contributed by atoms with Gasteiger partial charge in [-0.2, -0.15) is 0 Å². The second-order valence-electron chi connectivity index (χ2n) is 4.26. The number of nitrogens with zero attached hydrogens (tertiary/aromatic N) is 1. The number of carboxylic acid groups (broad SMARTS) is 2. The van der Waals surface area contributed by atoms with Crippen molar-refractivity contribution in [2.24, 2.45) is 5.73 Å². The molecule has 0 radical (unpaired) electrons. The van der Waals surface area contributed by atoms with Crippen LogP contribution in [0.4, 0.5) is 0 Å². The number of hydrogen-bond acceptors (Lipinski definition) is 6. The van der Waals surface area contributed by atoms with Crippen LogP contribution in [0.1, 0.15) is 11.1 Å². The Bertz CT molecular complexity index is 559. The van der Waals surface area contributed by atoms with Crippen LogP contribution in [0, 0.1) is 10.1 Å². The fraction of sp³-hybridized carbons (Fsp3) is 0.333. The molecule has 1 atom stereocenters. The molecule has 0 fully saturated rings. The van der Waals surface area contributed by atoms with Gasteiger partial charge in [0.1, 0.15) is 11.8 Å². The van der Waals surface area contributed by atoms with Gasteiger partial charge in [-0.05, 0) is 24.1 Å². The molecule has 9 nitrogen and oxygen atoms in total. The minimum absolute atomic E-state index is 0.00247. The average Bonchev–Trinajstić information content (AvgIpc) is 2.37. The maximum atomic E-state index is 10.7. The SMILES string of the molecule is N[C@@H](Cc1ccc(C[N+](=O)[O-])c(OCC(=O)O)c1)C(=O)O. The van der Waals surface area contributed by atoms with Crippen molar-refractivity contribution in [2.75, 3.05) is 6.61 Å². The Morgan fingerprint density at radius 1 is 1.38 bits per heavy atom. The molecule has 0 aromatic heterocycles. The Kier molecular flexibility index (Phi) is 5.61. The maximum absolute atomic E-state index is 10.7. The Morgan fingerprint density at radius 3 is 2.57 bits per heavy atom. The first-order valence-electron chi connectivity index (χ1n) is 5.86. The zero-order valence-electron chi connectivity index (χ0n) is 10.9. The van der Waals surface area contributed by atoms with Crippen molar-refractivity contribution < 1.29 is 29.5 Å². The number of ether oxygens (including phenoxy) is 1. The Labute approximate surface area is 119 Å². The van der Waals surface area contributed by atoms with E-state index in [1.807, 2.05) is 0 Å². The van der Waals surface area contributed by atoms with Gasteiger partial charge in [0.25, 0.3) is 0 Å². The fourth-order valence-corrected chi connectivity index (χ4v) is 1.61. The molecule has 0 unspecified atom stereocenters. The molecule has 21 heavy (non-hydrogen) atoms. The van der Waals surface area contributed by atoms with Gasteiger partial charge in [-0.1, -0.05) is 6.07 Å². The highest BCUT2D eigenvalue weighted by atomic mass is 16.6. The van der Waals surface area contributed by atoms with Gasteiger partial charge < -0.3 is 20.7 Å². The van der Waals surface area contributed by atoms with Gasteiger partial charge >= 0.3 is 11.9 Å². The summed E-state index contributed by atoms with van der Waals surface area (Å²) < 4.78 is 4.99. The lowest BCUT2D eigenvalue weighted by atomic mass is 10.0. The summed E-state index contributed by atoms with van der Waals surface area (Å²) in [5, 5.41) is 27.9. The molecule has 0 aliphatic rings. The van der Waals surface area contributed by atoms with Gasteiger partial charge in [0.2, 0.25) is 6.54 Å². The van der Waals surface area contributed by atoms with Crippen LogP contribution >= 0.6 is 0 Å². The van der Waals surface area contributed by atoms with Gasteiger partial charge in [-0.3, -0.25) is 14.9 Å². The minimum Gasteiger partial charge on any atom is -0.481 e. The Hall–Kier alpha value is -2.68. The van der Waals surface area contributed by atoms with Crippen molar-refractivity contribution in [3.05, 3.63) is 39.4 Å². The van der Waals surface area contributed by atoms with E-state index in [1.165, 1.54) is 18.2 Å². The highest BCUT2D eigenvalue weighted by Gasteiger charge is 2.16. The molecule has 9 heteroatoms. The van der Waals surface area contributed by atoms with E-state index >= 15 is 0 Å². The summed E-state index contributed by atoms with van der Waals surface area (Å²) in [4.78, 5) is 31.2. The average molecular weight is 298 g/mol. The first kappa shape index (κ1) is 16.4. The van der Waals surface area contributed by atoms with Crippen LogP contribution in [0.3, 0.4) is 0 Å². The first-order valence-corrected chi connectivity index (χ1v) is 5.86. The molecule has 0 aliphatic carbocycles. The minimum atomic E-state index is -1.23. The topological polar surface area (TPSA) is 153 Å². The molecule has 0 heterocycles. The second-order valence-corrected chi connectivity index (χ2v) is 4.26. The van der Waals surface area contributed by atoms with Crippen molar-refractivity contribution in [3.8, 4) is 5.75 Å². The van der Waals surface area contributed by atoms with Crippen LogP contribution in [0.25, 0.3) is 0 Å². The molecule has 0 saturated heterocycles. The Balaban J connectivity index is 2.98. The molecule has 0 saturated carbocycles. The number of rotatable bonds is 8. The zero-order valence-corrected chi connectivity index (χ0v) is 10.9. The van der Waals surface area contributed by atoms with Crippen LogP contribution in [0.5, 0.6) is 5.75 Å². The summed E-state index contributed by atoms with van der Waals surface area (Å²) in [6, 6.07) is 3.13.